The van der Waals surface area contributed by atoms with Crippen molar-refractivity contribution in [2.75, 3.05) is 16.0 Å². The molecule has 0 bridgehead atoms. The molecule has 0 saturated heterocycles. The number of amides is 1. The van der Waals surface area contributed by atoms with Gasteiger partial charge in [0.25, 0.3) is 0 Å². The highest BCUT2D eigenvalue weighted by atomic mass is 16.4. The molecule has 0 fully saturated rings. The van der Waals surface area contributed by atoms with E-state index in [1.165, 1.54) is 6.33 Å². The second-order valence-corrected chi connectivity index (χ2v) is 11.3. The number of carbonyl (C=O) groups is 3. The Kier molecular flexibility index (Phi) is 6.93. The molecule has 216 valence electrons. The van der Waals surface area contributed by atoms with E-state index in [1.54, 1.807) is 6.20 Å². The Morgan fingerprint density at radius 1 is 1.12 bits per heavy atom. The van der Waals surface area contributed by atoms with Crippen LogP contribution in [-0.2, 0) is 19.8 Å². The topological polar surface area (TPSA) is 159 Å². The highest BCUT2D eigenvalue weighted by molar-refractivity contribution is 6.03. The molecule has 0 saturated carbocycles. The molecule has 1 amide bonds. The van der Waals surface area contributed by atoms with Gasteiger partial charge in [0.1, 0.15) is 24.5 Å². The zero-order valence-corrected chi connectivity index (χ0v) is 23.8. The first kappa shape index (κ1) is 27.7. The first-order valence-corrected chi connectivity index (χ1v) is 13.8. The third-order valence-corrected chi connectivity index (χ3v) is 7.70. The fourth-order valence-corrected chi connectivity index (χ4v) is 5.57. The summed E-state index contributed by atoms with van der Waals surface area (Å²) in [6.07, 6.45) is 3.93. The summed E-state index contributed by atoms with van der Waals surface area (Å²) in [6.45, 7) is 6.16. The SMILES string of the molecule is Cc1ccc2c(Nc3ccc4c(c3)NC(=O)CC4(C)C)ncnc2c1-c1ccc2nc(NC(CC=O)C(=O)O)ncc2c1. The summed E-state index contributed by atoms with van der Waals surface area (Å²) in [5.74, 6) is -0.394. The lowest BCUT2D eigenvalue weighted by atomic mass is 9.78. The van der Waals surface area contributed by atoms with E-state index in [0.717, 1.165) is 49.9 Å². The van der Waals surface area contributed by atoms with Gasteiger partial charge in [-0.2, -0.15) is 0 Å². The van der Waals surface area contributed by atoms with Crippen molar-refractivity contribution >= 4 is 63.1 Å². The summed E-state index contributed by atoms with van der Waals surface area (Å²) in [5, 5.41) is 20.0. The summed E-state index contributed by atoms with van der Waals surface area (Å²) < 4.78 is 0. The van der Waals surface area contributed by atoms with E-state index in [4.69, 9.17) is 0 Å². The van der Waals surface area contributed by atoms with Crippen LogP contribution in [0.5, 0.6) is 0 Å². The smallest absolute Gasteiger partial charge is 0.326 e. The number of fused-ring (bicyclic) bond motifs is 3. The number of aromatic nitrogens is 4. The number of aliphatic carboxylic acids is 1. The Morgan fingerprint density at radius 2 is 1.95 bits per heavy atom. The van der Waals surface area contributed by atoms with Gasteiger partial charge in [0.2, 0.25) is 11.9 Å². The van der Waals surface area contributed by atoms with Gasteiger partial charge in [0.15, 0.2) is 0 Å². The van der Waals surface area contributed by atoms with Crippen molar-refractivity contribution in [1.82, 2.24) is 19.9 Å². The van der Waals surface area contributed by atoms with Crippen molar-refractivity contribution in [2.24, 2.45) is 0 Å². The van der Waals surface area contributed by atoms with Gasteiger partial charge in [0, 0.05) is 52.2 Å². The molecule has 0 aliphatic carbocycles. The number of carboxylic acid groups (broad SMARTS) is 1. The molecule has 6 rings (SSSR count). The van der Waals surface area contributed by atoms with Gasteiger partial charge >= 0.3 is 5.97 Å². The number of carboxylic acids is 1. The van der Waals surface area contributed by atoms with Crippen molar-refractivity contribution < 1.29 is 19.5 Å². The predicted molar refractivity (Wildman–Crippen MR) is 165 cm³/mol. The van der Waals surface area contributed by atoms with Crippen molar-refractivity contribution in [2.45, 2.75) is 45.1 Å². The second kappa shape index (κ2) is 10.8. The maximum Gasteiger partial charge on any atom is 0.326 e. The van der Waals surface area contributed by atoms with Crippen LogP contribution in [0.3, 0.4) is 0 Å². The first-order valence-electron chi connectivity index (χ1n) is 13.8. The van der Waals surface area contributed by atoms with Crippen molar-refractivity contribution in [3.8, 4) is 11.1 Å². The van der Waals surface area contributed by atoms with Gasteiger partial charge in [0.05, 0.1) is 11.0 Å². The van der Waals surface area contributed by atoms with Gasteiger partial charge in [-0.15, -0.1) is 0 Å². The van der Waals surface area contributed by atoms with Crippen LogP contribution in [0.2, 0.25) is 0 Å². The molecule has 2 aromatic heterocycles. The first-order chi connectivity index (χ1) is 20.6. The molecule has 0 spiro atoms. The molecular formula is C32H29N7O4. The normalized spacial score (nSPS) is 14.5. The number of aldehydes is 1. The van der Waals surface area contributed by atoms with Crippen LogP contribution in [0, 0.1) is 6.92 Å². The van der Waals surface area contributed by atoms with Crippen molar-refractivity contribution in [3.63, 3.8) is 0 Å². The van der Waals surface area contributed by atoms with Crippen LogP contribution in [-0.4, -0.2) is 49.2 Å². The molecule has 3 aromatic carbocycles. The van der Waals surface area contributed by atoms with E-state index in [0.29, 0.717) is 24.0 Å². The largest absolute Gasteiger partial charge is 0.480 e. The van der Waals surface area contributed by atoms with E-state index in [-0.39, 0.29) is 23.7 Å². The number of carbonyl (C=O) groups excluding carboxylic acids is 2. The molecule has 1 atom stereocenters. The molecule has 43 heavy (non-hydrogen) atoms. The summed E-state index contributed by atoms with van der Waals surface area (Å²) in [6, 6.07) is 14.6. The number of hydrogen-bond donors (Lipinski definition) is 4. The molecule has 5 aromatic rings. The standard InChI is InChI=1S/C32H29N7O4/c1-17-4-7-21-28(34-16-35-29(21)36-20-6-8-22-25(13-20)37-26(41)14-32(22,2)3)27(17)18-5-9-23-19(12-18)15-33-31(38-23)39-24(10-11-40)30(42)43/h4-9,11-13,15-16,24H,10,14H2,1-3H3,(H,37,41)(H,42,43)(H,33,38,39)(H,34,35,36). The maximum atomic E-state index is 12.3. The summed E-state index contributed by atoms with van der Waals surface area (Å²) in [4.78, 5) is 52.4. The Hall–Kier alpha value is -5.45. The number of anilines is 4. The Balaban J connectivity index is 1.35. The number of rotatable bonds is 8. The summed E-state index contributed by atoms with van der Waals surface area (Å²) in [5.41, 5.74) is 6.68. The predicted octanol–water partition coefficient (Wildman–Crippen LogP) is 5.37. The average Bonchev–Trinajstić information content (AvgIpc) is 2.96. The van der Waals surface area contributed by atoms with Crippen LogP contribution in [0.1, 0.15) is 37.8 Å². The Bertz CT molecular complexity index is 1940. The third-order valence-electron chi connectivity index (χ3n) is 7.70. The monoisotopic (exact) mass is 575 g/mol. The zero-order chi connectivity index (χ0) is 30.3. The lowest BCUT2D eigenvalue weighted by Gasteiger charge is -2.32. The van der Waals surface area contributed by atoms with E-state index < -0.39 is 12.0 Å². The molecule has 3 heterocycles. The Labute approximate surface area is 246 Å². The van der Waals surface area contributed by atoms with Crippen LogP contribution in [0.15, 0.2) is 61.1 Å². The fourth-order valence-electron chi connectivity index (χ4n) is 5.57. The fraction of sp³-hybridized carbons (Fsp3) is 0.219. The Morgan fingerprint density at radius 3 is 2.74 bits per heavy atom. The van der Waals surface area contributed by atoms with Crippen LogP contribution < -0.4 is 16.0 Å². The molecule has 4 N–H and O–H groups in total. The van der Waals surface area contributed by atoms with E-state index >= 15 is 0 Å². The van der Waals surface area contributed by atoms with Crippen LogP contribution in [0.25, 0.3) is 32.9 Å². The minimum Gasteiger partial charge on any atom is -0.480 e. The average molecular weight is 576 g/mol. The van der Waals surface area contributed by atoms with Gasteiger partial charge in [-0.3, -0.25) is 4.79 Å². The quantitative estimate of drug-likeness (QED) is 0.177. The minimum atomic E-state index is -1.16. The molecule has 1 aliphatic heterocycles. The lowest BCUT2D eigenvalue weighted by molar-refractivity contribution is -0.138. The summed E-state index contributed by atoms with van der Waals surface area (Å²) in [7, 11) is 0. The highest BCUT2D eigenvalue weighted by Crippen LogP contribution is 2.40. The van der Waals surface area contributed by atoms with Crippen molar-refractivity contribution in [3.05, 3.63) is 72.2 Å². The van der Waals surface area contributed by atoms with Crippen LogP contribution >= 0.6 is 0 Å². The van der Waals surface area contributed by atoms with Gasteiger partial charge in [-0.05, 0) is 53.9 Å². The number of hydrogen-bond acceptors (Lipinski definition) is 9. The second-order valence-electron chi connectivity index (χ2n) is 11.3. The number of nitrogens with one attached hydrogen (secondary N) is 3. The highest BCUT2D eigenvalue weighted by Gasteiger charge is 2.32. The summed E-state index contributed by atoms with van der Waals surface area (Å²) >= 11 is 0. The number of aryl methyl sites for hydroxylation is 1. The van der Waals surface area contributed by atoms with E-state index in [2.05, 4.69) is 49.7 Å². The lowest BCUT2D eigenvalue weighted by Crippen LogP contribution is -2.32. The zero-order valence-electron chi connectivity index (χ0n) is 23.8. The molecule has 0 radical (unpaired) electrons. The van der Waals surface area contributed by atoms with E-state index in [1.807, 2.05) is 55.5 Å². The number of nitrogens with zero attached hydrogens (tertiary/aromatic N) is 4. The minimum absolute atomic E-state index is 0.00196. The third kappa shape index (κ3) is 5.32. The molecule has 1 unspecified atom stereocenters. The molecule has 11 heteroatoms. The maximum absolute atomic E-state index is 12.3. The van der Waals surface area contributed by atoms with Crippen molar-refractivity contribution in [1.29, 1.82) is 0 Å². The van der Waals surface area contributed by atoms with Crippen LogP contribution in [0.4, 0.5) is 23.1 Å². The van der Waals surface area contributed by atoms with Gasteiger partial charge in [-0.25, -0.2) is 24.7 Å². The molecular weight excluding hydrogens is 546 g/mol. The molecule has 11 nitrogen and oxygen atoms in total. The number of benzene rings is 3. The van der Waals surface area contributed by atoms with E-state index in [9.17, 15) is 19.5 Å². The van der Waals surface area contributed by atoms with Gasteiger partial charge < -0.3 is 25.9 Å². The van der Waals surface area contributed by atoms with Gasteiger partial charge in [-0.1, -0.05) is 32.0 Å². The molecule has 1 aliphatic rings.